The van der Waals surface area contributed by atoms with Crippen LogP contribution in [0.15, 0.2) is 36.4 Å². The summed E-state index contributed by atoms with van der Waals surface area (Å²) in [5.41, 5.74) is 4.94. The number of hydrogen-bond donors (Lipinski definition) is 1. The van der Waals surface area contributed by atoms with Gasteiger partial charge in [-0.15, -0.1) is 10.2 Å². The van der Waals surface area contributed by atoms with Crippen LogP contribution in [0.25, 0.3) is 11.4 Å². The average Bonchev–Trinajstić information content (AvgIpc) is 3.00. The molecule has 1 heterocycles. The van der Waals surface area contributed by atoms with Crippen LogP contribution in [0, 0.1) is 17.5 Å². The van der Waals surface area contributed by atoms with Crippen molar-refractivity contribution in [2.24, 2.45) is 12.8 Å². The number of aromatic nitrogens is 3. The Morgan fingerprint density at radius 3 is 2.18 bits per heavy atom. The molecule has 146 valence electrons. The van der Waals surface area contributed by atoms with Crippen molar-refractivity contribution in [3.63, 3.8) is 0 Å². The van der Waals surface area contributed by atoms with Crippen LogP contribution in [0.2, 0.25) is 0 Å². The van der Waals surface area contributed by atoms with Crippen LogP contribution >= 0.6 is 0 Å². The molecular weight excluding hydrogens is 373 g/mol. The van der Waals surface area contributed by atoms with Crippen molar-refractivity contribution in [2.45, 2.75) is 19.4 Å². The molecule has 9 heteroatoms. The summed E-state index contributed by atoms with van der Waals surface area (Å²) in [7, 11) is 1.66. The molecule has 28 heavy (non-hydrogen) atoms. The van der Waals surface area contributed by atoms with E-state index in [1.54, 1.807) is 49.7 Å². The van der Waals surface area contributed by atoms with E-state index in [0.717, 1.165) is 0 Å². The number of amides is 1. The Hall–Kier alpha value is -3.36. The monoisotopic (exact) mass is 390 g/mol. The van der Waals surface area contributed by atoms with Gasteiger partial charge >= 0.3 is 0 Å². The number of benzene rings is 2. The number of rotatable bonds is 5. The second-order valence-electron chi connectivity index (χ2n) is 6.66. The highest BCUT2D eigenvalue weighted by Crippen LogP contribution is 2.32. The molecule has 2 N–H and O–H groups in total. The highest BCUT2D eigenvalue weighted by atomic mass is 19.1. The molecule has 0 radical (unpaired) electrons. The van der Waals surface area contributed by atoms with Crippen molar-refractivity contribution in [3.05, 3.63) is 65.2 Å². The zero-order valence-electron chi connectivity index (χ0n) is 15.3. The molecule has 0 saturated heterocycles. The molecule has 2 aromatic carbocycles. The van der Waals surface area contributed by atoms with Crippen LogP contribution in [0.5, 0.6) is 5.75 Å². The van der Waals surface area contributed by atoms with Crippen LogP contribution in [0.1, 0.15) is 30.0 Å². The fourth-order valence-corrected chi connectivity index (χ4v) is 2.82. The molecule has 1 aromatic heterocycles. The number of nitrogens with two attached hydrogens (primary N) is 1. The lowest BCUT2D eigenvalue weighted by atomic mass is 10.1. The van der Waals surface area contributed by atoms with Gasteiger partial charge in [-0.2, -0.15) is 0 Å². The lowest BCUT2D eigenvalue weighted by Gasteiger charge is -2.26. The maximum atomic E-state index is 13.9. The van der Waals surface area contributed by atoms with Gasteiger partial charge in [0.2, 0.25) is 5.91 Å². The molecule has 0 bridgehead atoms. The first kappa shape index (κ1) is 19.4. The Balaban J connectivity index is 1.95. The first-order chi connectivity index (χ1) is 13.1. The number of ether oxygens (including phenoxy) is 1. The Morgan fingerprint density at radius 2 is 1.64 bits per heavy atom. The minimum absolute atomic E-state index is 0.282. The van der Waals surface area contributed by atoms with E-state index < -0.39 is 34.7 Å². The van der Waals surface area contributed by atoms with E-state index in [4.69, 9.17) is 10.5 Å². The van der Waals surface area contributed by atoms with Gasteiger partial charge in [-0.25, -0.2) is 13.2 Å². The summed E-state index contributed by atoms with van der Waals surface area (Å²) in [6, 6.07) is 7.49. The van der Waals surface area contributed by atoms with Crippen molar-refractivity contribution >= 4 is 5.91 Å². The summed E-state index contributed by atoms with van der Waals surface area (Å²) in [6.07, 6.45) is 0. The van der Waals surface area contributed by atoms with E-state index in [0.29, 0.717) is 29.1 Å². The maximum absolute atomic E-state index is 13.9. The molecule has 0 unspecified atom stereocenters. The van der Waals surface area contributed by atoms with E-state index in [-0.39, 0.29) is 5.82 Å². The zero-order valence-corrected chi connectivity index (χ0v) is 15.3. The van der Waals surface area contributed by atoms with Gasteiger partial charge in [0.15, 0.2) is 34.6 Å². The van der Waals surface area contributed by atoms with Crippen molar-refractivity contribution in [1.29, 1.82) is 0 Å². The molecule has 0 aliphatic heterocycles. The van der Waals surface area contributed by atoms with Gasteiger partial charge in [0.25, 0.3) is 0 Å². The molecule has 0 spiro atoms. The smallest absolute Gasteiger partial charge is 0.248 e. The largest absolute Gasteiger partial charge is 0.474 e. The van der Waals surface area contributed by atoms with Crippen LogP contribution in [0.4, 0.5) is 13.2 Å². The van der Waals surface area contributed by atoms with Gasteiger partial charge in [0.05, 0.1) is 0 Å². The maximum Gasteiger partial charge on any atom is 0.248 e. The molecular formula is C19H17F3N4O2. The van der Waals surface area contributed by atoms with E-state index >= 15 is 0 Å². The molecule has 1 amide bonds. The van der Waals surface area contributed by atoms with Crippen LogP contribution < -0.4 is 10.5 Å². The summed E-state index contributed by atoms with van der Waals surface area (Å²) in [4.78, 5) is 11.2. The number of halogens is 3. The topological polar surface area (TPSA) is 83.0 Å². The zero-order chi connectivity index (χ0) is 20.6. The Bertz CT molecular complexity index is 1020. The predicted molar refractivity (Wildman–Crippen MR) is 94.9 cm³/mol. The van der Waals surface area contributed by atoms with Crippen molar-refractivity contribution in [1.82, 2.24) is 14.8 Å². The van der Waals surface area contributed by atoms with Gasteiger partial charge < -0.3 is 15.0 Å². The van der Waals surface area contributed by atoms with Crippen molar-refractivity contribution < 1.29 is 22.7 Å². The third kappa shape index (κ3) is 3.55. The number of primary amides is 1. The quantitative estimate of drug-likeness (QED) is 0.725. The fraction of sp³-hybridized carbons (Fsp3) is 0.211. The van der Waals surface area contributed by atoms with Gasteiger partial charge in [-0.3, -0.25) is 4.79 Å². The van der Waals surface area contributed by atoms with Crippen molar-refractivity contribution in [2.75, 3.05) is 0 Å². The number of carbonyl (C=O) groups excluding carboxylic acids is 1. The highest BCUT2D eigenvalue weighted by molar-refractivity contribution is 5.93. The standard InChI is InChI=1S/C19H17F3N4O2/c1-19(2,28-15-13(21)8-12(20)9-14(15)22)18-25-24-17(26(18)3)11-6-4-10(5-7-11)16(23)27/h4-9H,1-3H3,(H2,23,27). The molecule has 6 nitrogen and oxygen atoms in total. The molecule has 3 aromatic rings. The number of carbonyl (C=O) groups is 1. The average molecular weight is 390 g/mol. The lowest BCUT2D eigenvalue weighted by Crippen LogP contribution is -2.30. The third-order valence-corrected chi connectivity index (χ3v) is 4.16. The molecule has 3 rings (SSSR count). The van der Waals surface area contributed by atoms with E-state index in [9.17, 15) is 18.0 Å². The summed E-state index contributed by atoms with van der Waals surface area (Å²) < 4.78 is 48.1. The van der Waals surface area contributed by atoms with E-state index in [1.165, 1.54) is 0 Å². The van der Waals surface area contributed by atoms with Gasteiger partial charge in [-0.05, 0) is 26.0 Å². The first-order valence-corrected chi connectivity index (χ1v) is 8.24. The van der Waals surface area contributed by atoms with E-state index in [2.05, 4.69) is 10.2 Å². The van der Waals surface area contributed by atoms with Crippen molar-refractivity contribution in [3.8, 4) is 17.1 Å². The molecule has 0 fully saturated rings. The Kier molecular flexibility index (Phi) is 4.84. The fourth-order valence-electron chi connectivity index (χ4n) is 2.82. The second kappa shape index (κ2) is 6.99. The molecule has 0 aliphatic carbocycles. The molecule has 0 atom stereocenters. The van der Waals surface area contributed by atoms with Crippen LogP contribution in [-0.4, -0.2) is 20.7 Å². The summed E-state index contributed by atoms with van der Waals surface area (Å²) in [6.45, 7) is 3.11. The first-order valence-electron chi connectivity index (χ1n) is 8.24. The highest BCUT2D eigenvalue weighted by Gasteiger charge is 2.32. The normalized spacial score (nSPS) is 11.5. The summed E-state index contributed by atoms with van der Waals surface area (Å²) in [5.74, 6) is -3.89. The SMILES string of the molecule is Cn1c(-c2ccc(C(N)=O)cc2)nnc1C(C)(C)Oc1c(F)cc(F)cc1F. The minimum atomic E-state index is -1.29. The predicted octanol–water partition coefficient (Wildman–Crippen LogP) is 3.31. The number of hydrogen-bond acceptors (Lipinski definition) is 4. The van der Waals surface area contributed by atoms with Crippen LogP contribution in [0.3, 0.4) is 0 Å². The Morgan fingerprint density at radius 1 is 1.07 bits per heavy atom. The summed E-state index contributed by atoms with van der Waals surface area (Å²) >= 11 is 0. The third-order valence-electron chi connectivity index (χ3n) is 4.16. The van der Waals surface area contributed by atoms with Crippen LogP contribution in [-0.2, 0) is 12.6 Å². The number of nitrogens with zero attached hydrogens (tertiary/aromatic N) is 3. The lowest BCUT2D eigenvalue weighted by molar-refractivity contribution is 0.0833. The van der Waals surface area contributed by atoms with E-state index in [1.807, 2.05) is 0 Å². The Labute approximate surface area is 158 Å². The van der Waals surface area contributed by atoms with Gasteiger partial charge in [0.1, 0.15) is 5.82 Å². The molecule has 0 aliphatic rings. The summed E-state index contributed by atoms with van der Waals surface area (Å²) in [5, 5.41) is 8.17. The van der Waals surface area contributed by atoms with Gasteiger partial charge in [-0.1, -0.05) is 12.1 Å². The second-order valence-corrected chi connectivity index (χ2v) is 6.66. The molecule has 0 saturated carbocycles. The minimum Gasteiger partial charge on any atom is -0.474 e. The van der Waals surface area contributed by atoms with Gasteiger partial charge in [0, 0.05) is 30.3 Å².